The van der Waals surface area contributed by atoms with Crippen LogP contribution in [0.1, 0.15) is 18.6 Å². The van der Waals surface area contributed by atoms with Crippen LogP contribution in [0.3, 0.4) is 0 Å². The van der Waals surface area contributed by atoms with Gasteiger partial charge < -0.3 is 35.4 Å². The van der Waals surface area contributed by atoms with E-state index in [0.29, 0.717) is 23.0 Å². The van der Waals surface area contributed by atoms with Gasteiger partial charge in [-0.05, 0) is 25.2 Å². The first kappa shape index (κ1) is 20.4. The lowest BCUT2D eigenvalue weighted by atomic mass is 10.0. The molecule has 0 spiro atoms. The van der Waals surface area contributed by atoms with Gasteiger partial charge in [0.05, 0.1) is 30.7 Å². The normalized spacial score (nSPS) is 17.8. The van der Waals surface area contributed by atoms with Crippen molar-refractivity contribution in [3.05, 3.63) is 53.1 Å². The van der Waals surface area contributed by atoms with Crippen LogP contribution in [-0.2, 0) is 16.1 Å². The Hall–Kier alpha value is -2.91. The number of hydrogen-bond acceptors (Lipinski definition) is 8. The average Bonchev–Trinajstić information content (AvgIpc) is 3.05. The molecule has 0 fully saturated rings. The molecule has 1 aliphatic rings. The Balaban J connectivity index is 2.19. The molecule has 0 unspecified atom stereocenters. The van der Waals surface area contributed by atoms with Crippen LogP contribution < -0.4 is 10.6 Å². The van der Waals surface area contributed by atoms with Crippen molar-refractivity contribution in [3.8, 4) is 0 Å². The fourth-order valence-electron chi connectivity index (χ4n) is 2.38. The molecule has 0 radical (unpaired) electrons. The molecule has 1 aliphatic carbocycles. The third kappa shape index (κ3) is 5.28. The van der Waals surface area contributed by atoms with Crippen LogP contribution >= 0.6 is 0 Å². The number of nitrogens with zero attached hydrogens (tertiary/aromatic N) is 1. The zero-order valence-electron chi connectivity index (χ0n) is 15.4. The molecule has 1 heterocycles. The Morgan fingerprint density at radius 3 is 2.74 bits per heavy atom. The highest BCUT2D eigenvalue weighted by molar-refractivity contribution is 6.14. The molecule has 5 N–H and O–H groups in total. The van der Waals surface area contributed by atoms with Gasteiger partial charge in [-0.25, -0.2) is 4.98 Å². The number of aromatic nitrogens is 1. The zero-order valence-corrected chi connectivity index (χ0v) is 15.4. The first-order valence-corrected chi connectivity index (χ1v) is 8.40. The van der Waals surface area contributed by atoms with E-state index in [0.717, 1.165) is 0 Å². The second-order valence-corrected chi connectivity index (χ2v) is 5.97. The maximum atomic E-state index is 12.5. The van der Waals surface area contributed by atoms with Crippen molar-refractivity contribution < 1.29 is 24.2 Å². The number of rotatable bonds is 8. The van der Waals surface area contributed by atoms with Gasteiger partial charge in [-0.3, -0.25) is 4.79 Å². The monoisotopic (exact) mass is 376 g/mol. The Kier molecular flexibility index (Phi) is 6.91. The standard InChI is InChI=1S/C18H24N4O5/c1-10(24)16(8-23)22-18(25)17(20-3)14-6-12(4-5-15(14)19)26-9-13-7-21-11(2)27-13/h4-7,10,16,19-20,23-24H,8-9H2,1-3H3,(H,22,25)/b17-14-,19-15?/t10-,16-/m1/s1. The molecule has 27 heavy (non-hydrogen) atoms. The van der Waals surface area contributed by atoms with Gasteiger partial charge in [0.25, 0.3) is 5.91 Å². The molecule has 1 aromatic rings. The SMILES string of the molecule is CN/C(C(=O)N[C@H](CO)[C@@H](C)O)=C1/C=C(OCc2cnc(C)o2)C=CC1=N. The maximum Gasteiger partial charge on any atom is 0.268 e. The van der Waals surface area contributed by atoms with Crippen molar-refractivity contribution in [2.75, 3.05) is 13.7 Å². The number of amides is 1. The number of oxazole rings is 1. The third-order valence-corrected chi connectivity index (χ3v) is 3.88. The number of likely N-dealkylation sites (N-methyl/N-ethyl adjacent to an activating group) is 1. The van der Waals surface area contributed by atoms with Crippen molar-refractivity contribution in [1.29, 1.82) is 5.41 Å². The second kappa shape index (κ2) is 9.15. The van der Waals surface area contributed by atoms with Gasteiger partial charge >= 0.3 is 0 Å². The summed E-state index contributed by atoms with van der Waals surface area (Å²) in [6.07, 6.45) is 5.34. The number of hydrogen-bond donors (Lipinski definition) is 5. The molecule has 0 saturated carbocycles. The summed E-state index contributed by atoms with van der Waals surface area (Å²) in [5.74, 6) is 0.996. The summed E-state index contributed by atoms with van der Waals surface area (Å²) in [6, 6.07) is -0.816. The van der Waals surface area contributed by atoms with Crippen LogP contribution in [0.5, 0.6) is 0 Å². The second-order valence-electron chi connectivity index (χ2n) is 5.97. The van der Waals surface area contributed by atoms with Crippen LogP contribution in [0, 0.1) is 12.3 Å². The fraction of sp³-hybridized carbons (Fsp3) is 0.389. The topological polar surface area (TPSA) is 141 Å². The number of carbonyl (C=O) groups excluding carboxylic acids is 1. The summed E-state index contributed by atoms with van der Waals surface area (Å²) in [7, 11) is 1.55. The number of nitrogens with one attached hydrogen (secondary N) is 3. The first-order valence-electron chi connectivity index (χ1n) is 8.40. The fourth-order valence-corrected chi connectivity index (χ4v) is 2.38. The van der Waals surface area contributed by atoms with Gasteiger partial charge in [0, 0.05) is 19.5 Å². The van der Waals surface area contributed by atoms with Crippen LogP contribution in [0.4, 0.5) is 0 Å². The minimum absolute atomic E-state index is 0.120. The van der Waals surface area contributed by atoms with E-state index in [1.165, 1.54) is 13.0 Å². The quantitative estimate of drug-likeness (QED) is 0.411. The summed E-state index contributed by atoms with van der Waals surface area (Å²) in [5.41, 5.74) is 0.568. The smallest absolute Gasteiger partial charge is 0.268 e. The third-order valence-electron chi connectivity index (χ3n) is 3.88. The summed E-state index contributed by atoms with van der Waals surface area (Å²) in [4.78, 5) is 16.5. The van der Waals surface area contributed by atoms with Crippen molar-refractivity contribution in [3.63, 3.8) is 0 Å². The Morgan fingerprint density at radius 1 is 1.44 bits per heavy atom. The van der Waals surface area contributed by atoms with Crippen LogP contribution in [-0.4, -0.2) is 52.6 Å². The van der Waals surface area contributed by atoms with Crippen LogP contribution in [0.25, 0.3) is 0 Å². The molecular weight excluding hydrogens is 352 g/mol. The van der Waals surface area contributed by atoms with Crippen molar-refractivity contribution in [1.82, 2.24) is 15.6 Å². The number of carbonyl (C=O) groups is 1. The predicted octanol–water partition coefficient (Wildman–Crippen LogP) is 0.304. The summed E-state index contributed by atoms with van der Waals surface area (Å²) < 4.78 is 11.0. The van der Waals surface area contributed by atoms with Crippen LogP contribution in [0.2, 0.25) is 0 Å². The van der Waals surface area contributed by atoms with Gasteiger partial charge in [0.1, 0.15) is 18.1 Å². The number of ether oxygens (including phenoxy) is 1. The summed E-state index contributed by atoms with van der Waals surface area (Å²) in [5, 5.41) is 32.3. The average molecular weight is 376 g/mol. The Bertz CT molecular complexity index is 791. The molecular formula is C18H24N4O5. The summed E-state index contributed by atoms with van der Waals surface area (Å²) in [6.45, 7) is 2.95. The molecule has 1 amide bonds. The van der Waals surface area contributed by atoms with E-state index in [2.05, 4.69) is 15.6 Å². The molecule has 9 nitrogen and oxygen atoms in total. The molecule has 2 atom stereocenters. The first-order chi connectivity index (χ1) is 12.8. The number of aryl methyl sites for hydroxylation is 1. The van der Waals surface area contributed by atoms with Crippen LogP contribution in [0.15, 0.2) is 45.9 Å². The molecule has 146 valence electrons. The highest BCUT2D eigenvalue weighted by Crippen LogP contribution is 2.19. The minimum Gasteiger partial charge on any atom is -0.486 e. The van der Waals surface area contributed by atoms with E-state index in [9.17, 15) is 15.0 Å². The van der Waals surface area contributed by atoms with E-state index in [1.807, 2.05) is 0 Å². The Morgan fingerprint density at radius 2 is 2.19 bits per heavy atom. The molecule has 2 rings (SSSR count). The molecule has 0 saturated heterocycles. The van der Waals surface area contributed by atoms with E-state index in [-0.39, 0.29) is 18.0 Å². The molecule has 1 aromatic heterocycles. The molecule has 9 heteroatoms. The van der Waals surface area contributed by atoms with E-state index < -0.39 is 24.7 Å². The lowest BCUT2D eigenvalue weighted by Gasteiger charge is -2.21. The van der Waals surface area contributed by atoms with Gasteiger partial charge in [-0.2, -0.15) is 0 Å². The van der Waals surface area contributed by atoms with Crippen molar-refractivity contribution in [2.24, 2.45) is 0 Å². The van der Waals surface area contributed by atoms with E-state index in [4.69, 9.17) is 14.6 Å². The van der Waals surface area contributed by atoms with E-state index in [1.54, 1.807) is 32.3 Å². The predicted molar refractivity (Wildman–Crippen MR) is 97.8 cm³/mol. The van der Waals surface area contributed by atoms with Crippen molar-refractivity contribution in [2.45, 2.75) is 32.6 Å². The Labute approximate surface area is 156 Å². The van der Waals surface area contributed by atoms with E-state index >= 15 is 0 Å². The van der Waals surface area contributed by atoms with Gasteiger partial charge in [0.2, 0.25) is 0 Å². The lowest BCUT2D eigenvalue weighted by molar-refractivity contribution is -0.119. The molecule has 0 aliphatic heterocycles. The maximum absolute atomic E-state index is 12.5. The van der Waals surface area contributed by atoms with Crippen molar-refractivity contribution >= 4 is 11.6 Å². The highest BCUT2D eigenvalue weighted by atomic mass is 16.5. The minimum atomic E-state index is -0.924. The molecule has 0 bridgehead atoms. The lowest BCUT2D eigenvalue weighted by Crippen LogP contribution is -2.46. The highest BCUT2D eigenvalue weighted by Gasteiger charge is 2.23. The number of aliphatic hydroxyl groups excluding tert-OH is 2. The molecule has 0 aromatic carbocycles. The summed E-state index contributed by atoms with van der Waals surface area (Å²) >= 11 is 0. The number of allylic oxidation sites excluding steroid dienone is 4. The number of aliphatic hydroxyl groups is 2. The largest absolute Gasteiger partial charge is 0.486 e. The zero-order chi connectivity index (χ0) is 20.0. The van der Waals surface area contributed by atoms with Gasteiger partial charge in [0.15, 0.2) is 11.7 Å². The van der Waals surface area contributed by atoms with Gasteiger partial charge in [-0.1, -0.05) is 0 Å². The van der Waals surface area contributed by atoms with Gasteiger partial charge in [-0.15, -0.1) is 0 Å².